The van der Waals surface area contributed by atoms with Gasteiger partial charge in [0.1, 0.15) is 5.75 Å². The quantitative estimate of drug-likeness (QED) is 0.503. The lowest BCUT2D eigenvalue weighted by molar-refractivity contribution is 0.0950. The number of benzene rings is 2. The van der Waals surface area contributed by atoms with Crippen molar-refractivity contribution in [2.45, 2.75) is 19.8 Å². The number of thiocarbonyl (C=S) groups is 1. The molecule has 0 spiro atoms. The van der Waals surface area contributed by atoms with Crippen molar-refractivity contribution in [3.63, 3.8) is 0 Å². The smallest absolute Gasteiger partial charge is 0.257 e. The van der Waals surface area contributed by atoms with Crippen LogP contribution in [-0.4, -0.2) is 30.6 Å². The summed E-state index contributed by atoms with van der Waals surface area (Å²) >= 11 is 5.17. The number of anilines is 1. The summed E-state index contributed by atoms with van der Waals surface area (Å²) in [6.07, 6.45) is 1.98. The van der Waals surface area contributed by atoms with E-state index in [-0.39, 0.29) is 16.9 Å². The lowest BCUT2D eigenvalue weighted by Gasteiger charge is -2.10. The summed E-state index contributed by atoms with van der Waals surface area (Å²) in [5.74, 6) is 0.249. The first-order chi connectivity index (χ1) is 13.0. The number of unbranched alkanes of at least 4 members (excludes halogenated alkanes) is 1. The molecule has 27 heavy (non-hydrogen) atoms. The van der Waals surface area contributed by atoms with Crippen molar-refractivity contribution < 1.29 is 14.3 Å². The molecule has 142 valence electrons. The normalized spacial score (nSPS) is 10.0. The van der Waals surface area contributed by atoms with Gasteiger partial charge < -0.3 is 15.4 Å². The Morgan fingerprint density at radius 1 is 0.963 bits per heavy atom. The minimum atomic E-state index is -0.318. The predicted octanol–water partition coefficient (Wildman–Crippen LogP) is 3.35. The second kappa shape index (κ2) is 10.3. The number of methoxy groups -OCH3 is 1. The Kier molecular flexibility index (Phi) is 7.76. The van der Waals surface area contributed by atoms with Gasteiger partial charge in [-0.1, -0.05) is 13.3 Å². The van der Waals surface area contributed by atoms with Gasteiger partial charge in [0.05, 0.1) is 7.11 Å². The number of hydrogen-bond donors (Lipinski definition) is 3. The number of hydrogen-bond acceptors (Lipinski definition) is 4. The molecule has 2 aromatic rings. The molecule has 0 atom stereocenters. The molecule has 0 saturated heterocycles. The van der Waals surface area contributed by atoms with Gasteiger partial charge in [-0.2, -0.15) is 0 Å². The van der Waals surface area contributed by atoms with E-state index in [4.69, 9.17) is 17.0 Å². The maximum absolute atomic E-state index is 12.2. The van der Waals surface area contributed by atoms with Crippen LogP contribution in [0, 0.1) is 0 Å². The fourth-order valence-electron chi connectivity index (χ4n) is 2.27. The zero-order chi connectivity index (χ0) is 19.6. The maximum atomic E-state index is 12.2. The van der Waals surface area contributed by atoms with Gasteiger partial charge in [-0.05, 0) is 67.2 Å². The van der Waals surface area contributed by atoms with E-state index in [1.807, 2.05) is 0 Å². The van der Waals surface area contributed by atoms with E-state index < -0.39 is 0 Å². The molecule has 0 radical (unpaired) electrons. The Morgan fingerprint density at radius 3 is 2.15 bits per heavy atom. The van der Waals surface area contributed by atoms with Gasteiger partial charge in [-0.3, -0.25) is 14.9 Å². The molecule has 0 bridgehead atoms. The van der Waals surface area contributed by atoms with Gasteiger partial charge in [0, 0.05) is 23.4 Å². The molecule has 2 rings (SSSR count). The largest absolute Gasteiger partial charge is 0.497 e. The van der Waals surface area contributed by atoms with Crippen molar-refractivity contribution in [1.82, 2.24) is 10.6 Å². The van der Waals surface area contributed by atoms with Crippen LogP contribution in [0.2, 0.25) is 0 Å². The summed E-state index contributed by atoms with van der Waals surface area (Å²) < 4.78 is 5.06. The van der Waals surface area contributed by atoms with Crippen LogP contribution in [0.1, 0.15) is 40.5 Å². The third kappa shape index (κ3) is 6.38. The van der Waals surface area contributed by atoms with E-state index in [1.54, 1.807) is 55.6 Å². The van der Waals surface area contributed by atoms with Crippen LogP contribution in [-0.2, 0) is 0 Å². The number of carbonyl (C=O) groups is 2. The second-order valence-corrected chi connectivity index (χ2v) is 6.23. The maximum Gasteiger partial charge on any atom is 0.257 e. The molecule has 0 saturated carbocycles. The highest BCUT2D eigenvalue weighted by molar-refractivity contribution is 7.80. The summed E-state index contributed by atoms with van der Waals surface area (Å²) in [7, 11) is 1.56. The Morgan fingerprint density at radius 2 is 1.56 bits per heavy atom. The SMILES string of the molecule is CCCCNC(=O)c1ccc(NC(=S)NC(=O)c2ccc(OC)cc2)cc1. The minimum Gasteiger partial charge on any atom is -0.497 e. The molecule has 0 heterocycles. The summed E-state index contributed by atoms with van der Waals surface area (Å²) in [5.41, 5.74) is 1.73. The lowest BCUT2D eigenvalue weighted by Crippen LogP contribution is -2.34. The highest BCUT2D eigenvalue weighted by Gasteiger charge is 2.09. The third-order valence-electron chi connectivity index (χ3n) is 3.80. The molecule has 0 fully saturated rings. The molecule has 0 aliphatic rings. The van der Waals surface area contributed by atoms with Gasteiger partial charge in [-0.25, -0.2) is 0 Å². The molecule has 0 aliphatic carbocycles. The average molecular weight is 385 g/mol. The Hall–Kier alpha value is -2.93. The summed E-state index contributed by atoms with van der Waals surface area (Å²) in [4.78, 5) is 24.2. The highest BCUT2D eigenvalue weighted by atomic mass is 32.1. The second-order valence-electron chi connectivity index (χ2n) is 5.82. The molecule has 6 nitrogen and oxygen atoms in total. The van der Waals surface area contributed by atoms with Crippen molar-refractivity contribution in [2.24, 2.45) is 0 Å². The van der Waals surface area contributed by atoms with E-state index in [9.17, 15) is 9.59 Å². The molecule has 7 heteroatoms. The van der Waals surface area contributed by atoms with Crippen molar-refractivity contribution in [3.8, 4) is 5.75 Å². The molecule has 2 amide bonds. The number of carbonyl (C=O) groups excluding carboxylic acids is 2. The Balaban J connectivity index is 1.87. The van der Waals surface area contributed by atoms with Crippen molar-refractivity contribution >= 4 is 34.8 Å². The van der Waals surface area contributed by atoms with Gasteiger partial charge in [0.2, 0.25) is 0 Å². The predicted molar refractivity (Wildman–Crippen MR) is 110 cm³/mol. The first-order valence-corrected chi connectivity index (χ1v) is 9.09. The molecular weight excluding hydrogens is 362 g/mol. The summed E-state index contributed by atoms with van der Waals surface area (Å²) in [6.45, 7) is 2.74. The molecule has 0 unspecified atom stereocenters. The molecule has 0 aromatic heterocycles. The van der Waals surface area contributed by atoms with E-state index in [2.05, 4.69) is 22.9 Å². The zero-order valence-electron chi connectivity index (χ0n) is 15.4. The lowest BCUT2D eigenvalue weighted by atomic mass is 10.2. The van der Waals surface area contributed by atoms with Crippen molar-refractivity contribution in [1.29, 1.82) is 0 Å². The summed E-state index contributed by atoms with van der Waals surface area (Å²) in [5, 5.41) is 8.58. The third-order valence-corrected chi connectivity index (χ3v) is 4.00. The minimum absolute atomic E-state index is 0.106. The van der Waals surface area contributed by atoms with Gasteiger partial charge >= 0.3 is 0 Å². The Labute approximate surface area is 164 Å². The van der Waals surface area contributed by atoms with Crippen molar-refractivity contribution in [3.05, 3.63) is 59.7 Å². The van der Waals surface area contributed by atoms with Crippen LogP contribution >= 0.6 is 12.2 Å². The van der Waals surface area contributed by atoms with Crippen LogP contribution in [0.4, 0.5) is 5.69 Å². The first kappa shape index (κ1) is 20.4. The van der Waals surface area contributed by atoms with Crippen LogP contribution in [0.5, 0.6) is 5.75 Å². The fourth-order valence-corrected chi connectivity index (χ4v) is 2.48. The molecular formula is C20H23N3O3S. The average Bonchev–Trinajstić information content (AvgIpc) is 2.68. The van der Waals surface area contributed by atoms with Crippen LogP contribution < -0.4 is 20.7 Å². The van der Waals surface area contributed by atoms with Gasteiger partial charge in [0.25, 0.3) is 11.8 Å². The van der Waals surface area contributed by atoms with Crippen LogP contribution in [0.25, 0.3) is 0 Å². The van der Waals surface area contributed by atoms with Crippen LogP contribution in [0.15, 0.2) is 48.5 Å². The van der Waals surface area contributed by atoms with E-state index in [0.717, 1.165) is 12.8 Å². The Bertz CT molecular complexity index is 789. The van der Waals surface area contributed by atoms with E-state index in [1.165, 1.54) is 0 Å². The monoisotopic (exact) mass is 385 g/mol. The number of ether oxygens (including phenoxy) is 1. The van der Waals surface area contributed by atoms with Gasteiger partial charge in [0.15, 0.2) is 5.11 Å². The molecule has 2 aromatic carbocycles. The van der Waals surface area contributed by atoms with Crippen molar-refractivity contribution in [2.75, 3.05) is 19.0 Å². The van der Waals surface area contributed by atoms with Crippen LogP contribution in [0.3, 0.4) is 0 Å². The van der Waals surface area contributed by atoms with E-state index >= 15 is 0 Å². The standard InChI is InChI=1S/C20H23N3O3S/c1-3-4-13-21-18(24)14-5-9-16(10-6-14)22-20(27)23-19(25)15-7-11-17(26-2)12-8-15/h5-12H,3-4,13H2,1-2H3,(H,21,24)(H2,22,23,25,27). The summed E-state index contributed by atoms with van der Waals surface area (Å²) in [6, 6.07) is 13.6. The molecule has 3 N–H and O–H groups in total. The zero-order valence-corrected chi connectivity index (χ0v) is 16.2. The number of rotatable bonds is 7. The van der Waals surface area contributed by atoms with E-state index in [0.29, 0.717) is 29.1 Å². The van der Waals surface area contributed by atoms with Gasteiger partial charge in [-0.15, -0.1) is 0 Å². The number of nitrogens with one attached hydrogen (secondary N) is 3. The topological polar surface area (TPSA) is 79.5 Å². The molecule has 0 aliphatic heterocycles. The number of amides is 2. The first-order valence-electron chi connectivity index (χ1n) is 8.68. The fraction of sp³-hybridized carbons (Fsp3) is 0.250. The highest BCUT2D eigenvalue weighted by Crippen LogP contribution is 2.12.